The minimum atomic E-state index is -3.80. The summed E-state index contributed by atoms with van der Waals surface area (Å²) in [7, 11) is -3.80. The zero-order valence-corrected chi connectivity index (χ0v) is 10.3. The fourth-order valence-electron chi connectivity index (χ4n) is 1.31. The molecule has 17 heavy (non-hydrogen) atoms. The van der Waals surface area contributed by atoms with Gasteiger partial charge in [0.1, 0.15) is 6.04 Å². The summed E-state index contributed by atoms with van der Waals surface area (Å²) in [6.07, 6.45) is 0. The van der Waals surface area contributed by atoms with Crippen LogP contribution in [-0.4, -0.2) is 25.5 Å². The van der Waals surface area contributed by atoms with Crippen LogP contribution >= 0.6 is 0 Å². The van der Waals surface area contributed by atoms with E-state index in [1.807, 2.05) is 0 Å². The molecule has 94 valence electrons. The van der Waals surface area contributed by atoms with Gasteiger partial charge in [-0.3, -0.25) is 4.79 Å². The maximum absolute atomic E-state index is 11.3. The molecule has 0 spiro atoms. The highest BCUT2D eigenvalue weighted by Gasteiger charge is 2.14. The Morgan fingerprint density at radius 2 is 2.06 bits per heavy atom. The number of rotatable bonds is 4. The van der Waals surface area contributed by atoms with Crippen LogP contribution in [0.4, 0.5) is 5.69 Å². The van der Waals surface area contributed by atoms with E-state index in [9.17, 15) is 13.2 Å². The minimum Gasteiger partial charge on any atom is -0.480 e. The second kappa shape index (κ2) is 4.72. The largest absolute Gasteiger partial charge is 0.480 e. The summed E-state index contributed by atoms with van der Waals surface area (Å²) in [4.78, 5) is 10.6. The first kappa shape index (κ1) is 13.5. The number of aliphatic carboxylic acids is 1. The van der Waals surface area contributed by atoms with Crippen LogP contribution in [0, 0.1) is 6.92 Å². The van der Waals surface area contributed by atoms with Gasteiger partial charge in [0, 0.05) is 5.69 Å². The number of carboxylic acid groups (broad SMARTS) is 1. The molecular formula is C10H14N2O4S. The third-order valence-electron chi connectivity index (χ3n) is 2.25. The molecule has 0 amide bonds. The molecule has 6 nitrogen and oxygen atoms in total. The van der Waals surface area contributed by atoms with Crippen molar-refractivity contribution >= 4 is 21.7 Å². The van der Waals surface area contributed by atoms with Crippen LogP contribution < -0.4 is 10.5 Å². The quantitative estimate of drug-likeness (QED) is 0.729. The summed E-state index contributed by atoms with van der Waals surface area (Å²) in [6, 6.07) is 3.68. The first-order chi connectivity index (χ1) is 7.71. The number of anilines is 1. The predicted molar refractivity (Wildman–Crippen MR) is 63.3 cm³/mol. The van der Waals surface area contributed by atoms with E-state index in [0.717, 1.165) is 0 Å². The summed E-state index contributed by atoms with van der Waals surface area (Å²) < 4.78 is 22.5. The average Bonchev–Trinajstić information content (AvgIpc) is 2.19. The number of sulfonamides is 1. The third kappa shape index (κ3) is 3.43. The average molecular weight is 258 g/mol. The van der Waals surface area contributed by atoms with E-state index in [1.54, 1.807) is 19.1 Å². The Kier molecular flexibility index (Phi) is 3.74. The van der Waals surface area contributed by atoms with Crippen LogP contribution in [0.5, 0.6) is 0 Å². The van der Waals surface area contributed by atoms with Crippen molar-refractivity contribution in [3.63, 3.8) is 0 Å². The van der Waals surface area contributed by atoms with Gasteiger partial charge in [-0.1, -0.05) is 6.07 Å². The van der Waals surface area contributed by atoms with Crippen molar-refractivity contribution in [2.75, 3.05) is 5.32 Å². The molecule has 0 aliphatic rings. The highest BCUT2D eigenvalue weighted by molar-refractivity contribution is 7.89. The molecular weight excluding hydrogens is 244 g/mol. The number of hydrogen-bond acceptors (Lipinski definition) is 4. The number of nitrogens with two attached hydrogens (primary N) is 1. The van der Waals surface area contributed by atoms with Gasteiger partial charge in [-0.25, -0.2) is 13.6 Å². The van der Waals surface area contributed by atoms with E-state index >= 15 is 0 Å². The normalized spacial score (nSPS) is 13.1. The van der Waals surface area contributed by atoms with Crippen molar-refractivity contribution < 1.29 is 18.3 Å². The van der Waals surface area contributed by atoms with Gasteiger partial charge in [-0.05, 0) is 31.5 Å². The number of nitrogens with one attached hydrogen (secondary N) is 1. The molecule has 0 radical (unpaired) electrons. The molecule has 1 atom stereocenters. The number of carboxylic acids is 1. The summed E-state index contributed by atoms with van der Waals surface area (Å²) in [5.41, 5.74) is 0.913. The van der Waals surface area contributed by atoms with E-state index in [2.05, 4.69) is 5.32 Å². The van der Waals surface area contributed by atoms with E-state index in [1.165, 1.54) is 13.0 Å². The fourth-order valence-corrected chi connectivity index (χ4v) is 2.12. The molecule has 1 rings (SSSR count). The van der Waals surface area contributed by atoms with Crippen molar-refractivity contribution in [2.45, 2.75) is 24.8 Å². The Bertz CT molecular complexity index is 539. The highest BCUT2D eigenvalue weighted by atomic mass is 32.2. The molecule has 0 aliphatic carbocycles. The lowest BCUT2D eigenvalue weighted by atomic mass is 10.2. The van der Waals surface area contributed by atoms with Crippen LogP contribution in [0.1, 0.15) is 12.5 Å². The topological polar surface area (TPSA) is 109 Å². The SMILES string of the molecule is Cc1ccc(NC(C)C(=O)O)cc1S(N)(=O)=O. The van der Waals surface area contributed by atoms with E-state index in [4.69, 9.17) is 10.2 Å². The predicted octanol–water partition coefficient (Wildman–Crippen LogP) is 0.527. The standard InChI is InChI=1S/C10H14N2O4S/c1-6-3-4-8(12-7(2)10(13)14)5-9(6)17(11,15)16/h3-5,7,12H,1-2H3,(H,13,14)(H2,11,15,16). The fraction of sp³-hybridized carbons (Fsp3) is 0.300. The highest BCUT2D eigenvalue weighted by Crippen LogP contribution is 2.19. The maximum atomic E-state index is 11.3. The monoisotopic (exact) mass is 258 g/mol. The lowest BCUT2D eigenvalue weighted by Gasteiger charge is -2.12. The van der Waals surface area contributed by atoms with E-state index < -0.39 is 22.0 Å². The molecule has 7 heteroatoms. The Morgan fingerprint density at radius 3 is 2.53 bits per heavy atom. The number of hydrogen-bond donors (Lipinski definition) is 3. The number of carbonyl (C=O) groups is 1. The number of aryl methyl sites for hydroxylation is 1. The van der Waals surface area contributed by atoms with E-state index in [-0.39, 0.29) is 4.90 Å². The molecule has 1 aromatic rings. The zero-order chi connectivity index (χ0) is 13.2. The molecule has 1 unspecified atom stereocenters. The van der Waals surface area contributed by atoms with Gasteiger partial charge in [0.25, 0.3) is 0 Å². The molecule has 0 aromatic heterocycles. The smallest absolute Gasteiger partial charge is 0.325 e. The van der Waals surface area contributed by atoms with E-state index in [0.29, 0.717) is 11.3 Å². The number of primary sulfonamides is 1. The Balaban J connectivity index is 3.10. The second-order valence-corrected chi connectivity index (χ2v) is 5.26. The first-order valence-electron chi connectivity index (χ1n) is 4.84. The van der Waals surface area contributed by atoms with Gasteiger partial charge in [0.15, 0.2) is 0 Å². The molecule has 1 aromatic carbocycles. The molecule has 0 saturated heterocycles. The maximum Gasteiger partial charge on any atom is 0.325 e. The summed E-state index contributed by atoms with van der Waals surface area (Å²) in [5, 5.41) is 16.4. The van der Waals surface area contributed by atoms with Crippen molar-refractivity contribution in [2.24, 2.45) is 5.14 Å². The van der Waals surface area contributed by atoms with Gasteiger partial charge >= 0.3 is 5.97 Å². The molecule has 4 N–H and O–H groups in total. The Labute approximate surface area is 99.5 Å². The van der Waals surface area contributed by atoms with Crippen molar-refractivity contribution in [3.8, 4) is 0 Å². The molecule has 0 saturated carbocycles. The van der Waals surface area contributed by atoms with Crippen LogP contribution in [0.25, 0.3) is 0 Å². The Hall–Kier alpha value is -1.60. The van der Waals surface area contributed by atoms with Gasteiger partial charge in [0.05, 0.1) is 4.90 Å². The Morgan fingerprint density at radius 1 is 1.47 bits per heavy atom. The van der Waals surface area contributed by atoms with Gasteiger partial charge in [0.2, 0.25) is 10.0 Å². The zero-order valence-electron chi connectivity index (χ0n) is 9.47. The second-order valence-electron chi connectivity index (χ2n) is 3.73. The molecule has 0 bridgehead atoms. The molecule has 0 heterocycles. The van der Waals surface area contributed by atoms with Crippen LogP contribution in [0.2, 0.25) is 0 Å². The third-order valence-corrected chi connectivity index (χ3v) is 3.30. The van der Waals surface area contributed by atoms with Crippen LogP contribution in [0.3, 0.4) is 0 Å². The minimum absolute atomic E-state index is 0.0138. The van der Waals surface area contributed by atoms with Crippen molar-refractivity contribution in [3.05, 3.63) is 23.8 Å². The molecule has 0 aliphatic heterocycles. The van der Waals surface area contributed by atoms with Gasteiger partial charge in [-0.2, -0.15) is 0 Å². The summed E-state index contributed by atoms with van der Waals surface area (Å²) >= 11 is 0. The van der Waals surface area contributed by atoms with Crippen molar-refractivity contribution in [1.82, 2.24) is 0 Å². The lowest BCUT2D eigenvalue weighted by molar-refractivity contribution is -0.137. The molecule has 0 fully saturated rings. The van der Waals surface area contributed by atoms with Crippen LogP contribution in [0.15, 0.2) is 23.1 Å². The lowest BCUT2D eigenvalue weighted by Crippen LogP contribution is -2.25. The summed E-state index contributed by atoms with van der Waals surface area (Å²) in [5.74, 6) is -1.03. The first-order valence-corrected chi connectivity index (χ1v) is 6.39. The van der Waals surface area contributed by atoms with Gasteiger partial charge < -0.3 is 10.4 Å². The van der Waals surface area contributed by atoms with Gasteiger partial charge in [-0.15, -0.1) is 0 Å². The van der Waals surface area contributed by atoms with Crippen molar-refractivity contribution in [1.29, 1.82) is 0 Å². The van der Waals surface area contributed by atoms with Crippen LogP contribution in [-0.2, 0) is 14.8 Å². The number of benzene rings is 1. The summed E-state index contributed by atoms with van der Waals surface area (Å²) in [6.45, 7) is 3.07.